The number of aromatic nitrogens is 4. The van der Waals surface area contributed by atoms with E-state index < -0.39 is 4.92 Å². The van der Waals surface area contributed by atoms with Crippen molar-refractivity contribution in [3.05, 3.63) is 40.6 Å². The molecule has 2 aromatic rings. The summed E-state index contributed by atoms with van der Waals surface area (Å²) in [5.74, 6) is 0.312. The van der Waals surface area contributed by atoms with Crippen LogP contribution in [0.5, 0.6) is 0 Å². The lowest BCUT2D eigenvalue weighted by Crippen LogP contribution is -1.99. The Labute approximate surface area is 88.9 Å². The number of nitro groups is 1. The summed E-state index contributed by atoms with van der Waals surface area (Å²) < 4.78 is 1.21. The lowest BCUT2D eigenvalue weighted by Gasteiger charge is -1.96. The Morgan fingerprint density at radius 1 is 1.38 bits per heavy atom. The highest BCUT2D eigenvalue weighted by atomic mass is 16.6. The van der Waals surface area contributed by atoms with Crippen molar-refractivity contribution in [2.24, 2.45) is 0 Å². The first-order valence-electron chi connectivity index (χ1n) is 4.12. The van der Waals surface area contributed by atoms with Gasteiger partial charge in [0, 0.05) is 0 Å². The first-order valence-corrected chi connectivity index (χ1v) is 4.12. The quantitative estimate of drug-likeness (QED) is 0.532. The molecule has 2 heterocycles. The number of rotatable bonds is 2. The maximum Gasteiger partial charge on any atom is 0.307 e. The normalized spacial score (nSPS) is 9.69. The van der Waals surface area contributed by atoms with Crippen LogP contribution in [-0.2, 0) is 0 Å². The smallest absolute Gasteiger partial charge is 0.258 e. The molecule has 0 saturated carbocycles. The van der Waals surface area contributed by atoms with Crippen molar-refractivity contribution in [3.63, 3.8) is 0 Å². The van der Waals surface area contributed by atoms with Gasteiger partial charge in [-0.2, -0.15) is 10.4 Å². The van der Waals surface area contributed by atoms with Crippen molar-refractivity contribution in [3.8, 4) is 11.9 Å². The van der Waals surface area contributed by atoms with E-state index in [0.717, 1.165) is 6.20 Å². The van der Waals surface area contributed by atoms with E-state index in [4.69, 9.17) is 5.26 Å². The molecule has 0 amide bonds. The Bertz CT molecular complexity index is 567. The van der Waals surface area contributed by atoms with Crippen LogP contribution in [0.15, 0.2) is 24.8 Å². The summed E-state index contributed by atoms with van der Waals surface area (Å²) in [5, 5.41) is 22.7. The molecule has 0 spiro atoms. The second-order valence-corrected chi connectivity index (χ2v) is 2.77. The van der Waals surface area contributed by atoms with Gasteiger partial charge < -0.3 is 0 Å². The Hall–Kier alpha value is -2.82. The largest absolute Gasteiger partial charge is 0.307 e. The van der Waals surface area contributed by atoms with Crippen LogP contribution in [0.2, 0.25) is 0 Å². The average molecular weight is 216 g/mol. The summed E-state index contributed by atoms with van der Waals surface area (Å²) in [6.07, 6.45) is 4.91. The number of nitriles is 1. The van der Waals surface area contributed by atoms with Crippen LogP contribution < -0.4 is 0 Å². The molecule has 0 N–H and O–H groups in total. The summed E-state index contributed by atoms with van der Waals surface area (Å²) in [7, 11) is 0. The fourth-order valence-corrected chi connectivity index (χ4v) is 1.03. The van der Waals surface area contributed by atoms with Crippen molar-refractivity contribution in [2.75, 3.05) is 0 Å². The third kappa shape index (κ3) is 1.69. The van der Waals surface area contributed by atoms with E-state index in [1.165, 1.54) is 23.3 Å². The van der Waals surface area contributed by atoms with Crippen LogP contribution in [0, 0.1) is 21.4 Å². The van der Waals surface area contributed by atoms with Gasteiger partial charge in [-0.1, -0.05) is 0 Å². The minimum atomic E-state index is -0.555. The first kappa shape index (κ1) is 9.72. The van der Waals surface area contributed by atoms with Crippen LogP contribution in [0.1, 0.15) is 5.69 Å². The summed E-state index contributed by atoms with van der Waals surface area (Å²) in [4.78, 5) is 17.5. The van der Waals surface area contributed by atoms with Gasteiger partial charge >= 0.3 is 5.69 Å². The van der Waals surface area contributed by atoms with E-state index in [9.17, 15) is 10.1 Å². The van der Waals surface area contributed by atoms with Crippen LogP contribution in [-0.4, -0.2) is 24.7 Å². The number of hydrogen-bond donors (Lipinski definition) is 0. The van der Waals surface area contributed by atoms with E-state index >= 15 is 0 Å². The molecule has 0 fully saturated rings. The minimum Gasteiger partial charge on any atom is -0.258 e. The summed E-state index contributed by atoms with van der Waals surface area (Å²) in [6, 6.07) is 1.82. The maximum absolute atomic E-state index is 10.4. The summed E-state index contributed by atoms with van der Waals surface area (Å²) >= 11 is 0. The molecule has 0 unspecified atom stereocenters. The van der Waals surface area contributed by atoms with Gasteiger partial charge in [-0.25, -0.2) is 14.6 Å². The predicted octanol–water partition coefficient (Wildman–Crippen LogP) is 0.442. The Morgan fingerprint density at radius 3 is 2.69 bits per heavy atom. The maximum atomic E-state index is 10.4. The van der Waals surface area contributed by atoms with E-state index in [0.29, 0.717) is 5.82 Å². The van der Waals surface area contributed by atoms with Crippen molar-refractivity contribution >= 4 is 5.69 Å². The molecule has 0 saturated heterocycles. The van der Waals surface area contributed by atoms with Crippen LogP contribution in [0.25, 0.3) is 5.82 Å². The van der Waals surface area contributed by atoms with Crippen molar-refractivity contribution in [2.45, 2.75) is 0 Å². The molecule has 2 aromatic heterocycles. The van der Waals surface area contributed by atoms with Crippen LogP contribution in [0.3, 0.4) is 0 Å². The minimum absolute atomic E-state index is 0.133. The molecule has 0 aromatic carbocycles. The molecular weight excluding hydrogens is 212 g/mol. The standard InChI is InChI=1S/C8H4N6O2/c9-1-6-2-11-8(4-10-6)13-5-7(3-12-13)14(15)16/h2-5H. The van der Waals surface area contributed by atoms with Gasteiger partial charge in [0.15, 0.2) is 11.5 Å². The molecular formula is C8H4N6O2. The molecule has 0 atom stereocenters. The molecule has 8 heteroatoms. The van der Waals surface area contributed by atoms with Crippen molar-refractivity contribution < 1.29 is 4.92 Å². The van der Waals surface area contributed by atoms with E-state index in [2.05, 4.69) is 15.1 Å². The van der Waals surface area contributed by atoms with Gasteiger partial charge in [0.05, 0.1) is 17.3 Å². The predicted molar refractivity (Wildman–Crippen MR) is 50.5 cm³/mol. The Morgan fingerprint density at radius 2 is 2.19 bits per heavy atom. The lowest BCUT2D eigenvalue weighted by atomic mass is 10.5. The number of hydrogen-bond acceptors (Lipinski definition) is 6. The SMILES string of the molecule is N#Cc1cnc(-n2cc([N+](=O)[O-])cn2)cn1. The molecule has 78 valence electrons. The van der Waals surface area contributed by atoms with E-state index in [1.807, 2.05) is 6.07 Å². The Balaban J connectivity index is 2.36. The van der Waals surface area contributed by atoms with Gasteiger partial charge in [-0.05, 0) is 0 Å². The fourth-order valence-electron chi connectivity index (χ4n) is 1.03. The van der Waals surface area contributed by atoms with Gasteiger partial charge in [-0.15, -0.1) is 0 Å². The Kier molecular flexibility index (Phi) is 2.27. The molecule has 2 rings (SSSR count). The fraction of sp³-hybridized carbons (Fsp3) is 0. The van der Waals surface area contributed by atoms with Crippen LogP contribution >= 0.6 is 0 Å². The highest BCUT2D eigenvalue weighted by molar-refractivity contribution is 5.28. The van der Waals surface area contributed by atoms with Gasteiger partial charge in [0.25, 0.3) is 0 Å². The monoisotopic (exact) mass is 216 g/mol. The molecule has 8 nitrogen and oxygen atoms in total. The van der Waals surface area contributed by atoms with E-state index in [-0.39, 0.29) is 11.4 Å². The summed E-state index contributed by atoms with van der Waals surface area (Å²) in [5.41, 5.74) is 0.0385. The molecule has 0 aliphatic rings. The number of nitrogens with zero attached hydrogens (tertiary/aromatic N) is 6. The topological polar surface area (TPSA) is 111 Å². The average Bonchev–Trinajstić information content (AvgIpc) is 2.78. The zero-order chi connectivity index (χ0) is 11.5. The zero-order valence-electron chi connectivity index (χ0n) is 7.81. The molecule has 0 radical (unpaired) electrons. The third-order valence-corrected chi connectivity index (χ3v) is 1.77. The lowest BCUT2D eigenvalue weighted by molar-refractivity contribution is -0.384. The zero-order valence-corrected chi connectivity index (χ0v) is 7.81. The summed E-state index contributed by atoms with van der Waals surface area (Å²) in [6.45, 7) is 0. The molecule has 0 aliphatic carbocycles. The first-order chi connectivity index (χ1) is 7.70. The van der Waals surface area contributed by atoms with Crippen LogP contribution in [0.4, 0.5) is 5.69 Å². The van der Waals surface area contributed by atoms with E-state index in [1.54, 1.807) is 0 Å². The van der Waals surface area contributed by atoms with Gasteiger partial charge in [0.2, 0.25) is 0 Å². The molecule has 16 heavy (non-hydrogen) atoms. The molecule has 0 bridgehead atoms. The highest BCUT2D eigenvalue weighted by Gasteiger charge is 2.10. The van der Waals surface area contributed by atoms with Gasteiger partial charge in [0.1, 0.15) is 18.5 Å². The molecule has 0 aliphatic heterocycles. The second-order valence-electron chi connectivity index (χ2n) is 2.77. The van der Waals surface area contributed by atoms with Crippen molar-refractivity contribution in [1.29, 1.82) is 5.26 Å². The van der Waals surface area contributed by atoms with Crippen molar-refractivity contribution in [1.82, 2.24) is 19.7 Å². The second kappa shape index (κ2) is 3.74. The van der Waals surface area contributed by atoms with Gasteiger partial charge in [-0.3, -0.25) is 10.1 Å². The third-order valence-electron chi connectivity index (χ3n) is 1.77. The highest BCUT2D eigenvalue weighted by Crippen LogP contribution is 2.10.